The molecule has 1 aliphatic carbocycles. The number of hydrogen-bond acceptors (Lipinski definition) is 5. The summed E-state index contributed by atoms with van der Waals surface area (Å²) in [7, 11) is 0. The first-order valence-corrected chi connectivity index (χ1v) is 12.8. The van der Waals surface area contributed by atoms with Crippen LogP contribution in [0.3, 0.4) is 0 Å². The fraction of sp³-hybridized carbons (Fsp3) is 0.414. The molecule has 2 aromatic carbocycles. The Bertz CT molecular complexity index is 1140. The normalized spacial score (nSPS) is 17.6. The highest BCUT2D eigenvalue weighted by Crippen LogP contribution is 2.35. The molecule has 1 fully saturated rings. The van der Waals surface area contributed by atoms with Crippen molar-refractivity contribution in [2.75, 3.05) is 18.5 Å². The molecule has 0 unspecified atom stereocenters. The predicted octanol–water partition coefficient (Wildman–Crippen LogP) is 5.64. The number of carbonyl (C=O) groups excluding carboxylic acids is 1. The van der Waals surface area contributed by atoms with Crippen LogP contribution in [0.4, 0.5) is 5.69 Å². The van der Waals surface area contributed by atoms with E-state index in [4.69, 9.17) is 4.74 Å². The van der Waals surface area contributed by atoms with Gasteiger partial charge in [-0.3, -0.25) is 14.2 Å². The Morgan fingerprint density at radius 2 is 1.71 bits per heavy atom. The van der Waals surface area contributed by atoms with Gasteiger partial charge in [0.1, 0.15) is 18.1 Å². The van der Waals surface area contributed by atoms with Gasteiger partial charge in [-0.05, 0) is 49.5 Å². The van der Waals surface area contributed by atoms with Gasteiger partial charge in [-0.2, -0.15) is 0 Å². The number of aromatic nitrogens is 2. The smallest absolute Gasteiger partial charge is 0.326 e. The van der Waals surface area contributed by atoms with Crippen molar-refractivity contribution in [3.8, 4) is 11.4 Å². The van der Waals surface area contributed by atoms with E-state index >= 15 is 0 Å². The molecule has 184 valence electrons. The molecule has 4 rings (SSSR count). The number of hydrogen-bond donors (Lipinski definition) is 1. The van der Waals surface area contributed by atoms with Gasteiger partial charge in [0.25, 0.3) is 5.56 Å². The lowest BCUT2D eigenvalue weighted by Gasteiger charge is -2.29. The number of ether oxygens (including phenoxy) is 1. The van der Waals surface area contributed by atoms with E-state index in [0.717, 1.165) is 50.6 Å². The fourth-order valence-corrected chi connectivity index (χ4v) is 4.76. The molecular formula is C29H35N3O3. The zero-order valence-corrected chi connectivity index (χ0v) is 20.5. The molecule has 35 heavy (non-hydrogen) atoms. The lowest BCUT2D eigenvalue weighted by molar-refractivity contribution is -0.144. The summed E-state index contributed by atoms with van der Waals surface area (Å²) in [6.45, 7) is 2.97. The molecule has 1 aromatic heterocycles. The highest BCUT2D eigenvalue weighted by atomic mass is 16.5. The predicted molar refractivity (Wildman–Crippen MR) is 139 cm³/mol. The van der Waals surface area contributed by atoms with Crippen LogP contribution in [-0.2, 0) is 16.1 Å². The lowest BCUT2D eigenvalue weighted by Crippen LogP contribution is -2.31. The first-order chi connectivity index (χ1) is 17.2. The van der Waals surface area contributed by atoms with E-state index in [2.05, 4.69) is 40.6 Å². The largest absolute Gasteiger partial charge is 0.464 e. The first-order valence-electron chi connectivity index (χ1n) is 12.8. The maximum absolute atomic E-state index is 13.4. The van der Waals surface area contributed by atoms with Gasteiger partial charge in [0, 0.05) is 12.1 Å². The number of anilines is 1. The van der Waals surface area contributed by atoms with Gasteiger partial charge in [0.05, 0.1) is 12.8 Å². The lowest BCUT2D eigenvalue weighted by atomic mass is 9.79. The standard InChI is InChI=1S/C29H35N3O3/c1-2-3-18-35-27(33)21-32-28(25-12-8-5-9-13-25)31-20-26(29(32)34)30-19-22-14-16-24(17-15-22)23-10-6-4-7-11-23/h4-13,20,22,24,30H,2-3,14-19,21H2,1H3. The van der Waals surface area contributed by atoms with E-state index < -0.39 is 5.97 Å². The summed E-state index contributed by atoms with van der Waals surface area (Å²) < 4.78 is 6.76. The Labute approximate surface area is 207 Å². The summed E-state index contributed by atoms with van der Waals surface area (Å²) in [6, 6.07) is 20.2. The van der Waals surface area contributed by atoms with E-state index in [-0.39, 0.29) is 12.1 Å². The summed E-state index contributed by atoms with van der Waals surface area (Å²) in [5.74, 6) is 1.18. The molecule has 0 radical (unpaired) electrons. The average Bonchev–Trinajstić information content (AvgIpc) is 2.90. The number of rotatable bonds is 10. The van der Waals surface area contributed by atoms with E-state index in [9.17, 15) is 9.59 Å². The Morgan fingerprint density at radius 1 is 1.03 bits per heavy atom. The molecule has 1 saturated carbocycles. The molecule has 0 spiro atoms. The second-order valence-electron chi connectivity index (χ2n) is 9.34. The van der Waals surface area contributed by atoms with Crippen LogP contribution >= 0.6 is 0 Å². The van der Waals surface area contributed by atoms with Crippen LogP contribution in [0.15, 0.2) is 71.7 Å². The first kappa shape index (κ1) is 24.7. The molecule has 0 aliphatic heterocycles. The van der Waals surface area contributed by atoms with Gasteiger partial charge in [-0.1, -0.05) is 74.0 Å². The molecule has 1 N–H and O–H groups in total. The van der Waals surface area contributed by atoms with Crippen molar-refractivity contribution in [1.29, 1.82) is 0 Å². The van der Waals surface area contributed by atoms with Crippen LogP contribution in [0.5, 0.6) is 0 Å². The van der Waals surface area contributed by atoms with Gasteiger partial charge in [-0.15, -0.1) is 0 Å². The van der Waals surface area contributed by atoms with Crippen LogP contribution in [-0.4, -0.2) is 28.7 Å². The number of nitrogens with one attached hydrogen (secondary N) is 1. The third kappa shape index (κ3) is 6.59. The summed E-state index contributed by atoms with van der Waals surface area (Å²) in [5.41, 5.74) is 2.39. The van der Waals surface area contributed by atoms with E-state index in [1.807, 2.05) is 37.3 Å². The fourth-order valence-electron chi connectivity index (χ4n) is 4.76. The molecule has 1 heterocycles. The molecular weight excluding hydrogens is 438 g/mol. The molecule has 0 bridgehead atoms. The van der Waals surface area contributed by atoms with Crippen molar-refractivity contribution in [3.63, 3.8) is 0 Å². The highest BCUT2D eigenvalue weighted by molar-refractivity contribution is 5.70. The van der Waals surface area contributed by atoms with Gasteiger partial charge in [0.2, 0.25) is 0 Å². The van der Waals surface area contributed by atoms with Crippen molar-refractivity contribution in [3.05, 3.63) is 82.8 Å². The highest BCUT2D eigenvalue weighted by Gasteiger charge is 2.23. The number of carbonyl (C=O) groups is 1. The van der Waals surface area contributed by atoms with Gasteiger partial charge >= 0.3 is 5.97 Å². The topological polar surface area (TPSA) is 73.2 Å². The summed E-state index contributed by atoms with van der Waals surface area (Å²) in [4.78, 5) is 30.4. The minimum atomic E-state index is -0.420. The maximum Gasteiger partial charge on any atom is 0.326 e. The molecule has 0 atom stereocenters. The molecule has 6 heteroatoms. The average molecular weight is 474 g/mol. The van der Waals surface area contributed by atoms with Gasteiger partial charge in [-0.25, -0.2) is 4.98 Å². The van der Waals surface area contributed by atoms with Crippen LogP contribution in [0.1, 0.15) is 56.9 Å². The molecule has 6 nitrogen and oxygen atoms in total. The van der Waals surface area contributed by atoms with Crippen LogP contribution in [0.2, 0.25) is 0 Å². The molecule has 0 saturated heterocycles. The van der Waals surface area contributed by atoms with Crippen LogP contribution in [0.25, 0.3) is 11.4 Å². The van der Waals surface area contributed by atoms with Crippen molar-refractivity contribution in [1.82, 2.24) is 9.55 Å². The SMILES string of the molecule is CCCCOC(=O)Cn1c(-c2ccccc2)ncc(NCC2CCC(c3ccccc3)CC2)c1=O. The third-order valence-electron chi connectivity index (χ3n) is 6.83. The van der Waals surface area contributed by atoms with Gasteiger partial charge in [0.15, 0.2) is 0 Å². The zero-order chi connectivity index (χ0) is 24.5. The maximum atomic E-state index is 13.4. The van der Waals surface area contributed by atoms with Crippen molar-refractivity contribution < 1.29 is 9.53 Å². The number of esters is 1. The molecule has 1 aliphatic rings. The molecule has 3 aromatic rings. The molecule has 0 amide bonds. The Morgan fingerprint density at radius 3 is 2.40 bits per heavy atom. The summed E-state index contributed by atoms with van der Waals surface area (Å²) in [6.07, 6.45) is 7.92. The van der Waals surface area contributed by atoms with Crippen molar-refractivity contribution in [2.24, 2.45) is 5.92 Å². The number of unbranched alkanes of at least 4 members (excludes halogenated alkanes) is 1. The quantitative estimate of drug-likeness (QED) is 0.305. The third-order valence-corrected chi connectivity index (χ3v) is 6.83. The second kappa shape index (κ2) is 12.3. The minimum absolute atomic E-state index is 0.155. The monoisotopic (exact) mass is 473 g/mol. The number of benzene rings is 2. The minimum Gasteiger partial charge on any atom is -0.464 e. The zero-order valence-electron chi connectivity index (χ0n) is 20.5. The Kier molecular flexibility index (Phi) is 8.71. The summed E-state index contributed by atoms with van der Waals surface area (Å²) >= 11 is 0. The Hall–Kier alpha value is -3.41. The van der Waals surface area contributed by atoms with E-state index in [1.165, 1.54) is 10.1 Å². The van der Waals surface area contributed by atoms with E-state index in [0.29, 0.717) is 30.0 Å². The number of nitrogens with zero attached hydrogens (tertiary/aromatic N) is 2. The van der Waals surface area contributed by atoms with Crippen molar-refractivity contribution >= 4 is 11.7 Å². The Balaban J connectivity index is 1.44. The summed E-state index contributed by atoms with van der Waals surface area (Å²) in [5, 5.41) is 3.33. The second-order valence-corrected chi connectivity index (χ2v) is 9.34. The van der Waals surface area contributed by atoms with E-state index in [1.54, 1.807) is 6.20 Å². The van der Waals surface area contributed by atoms with Crippen LogP contribution in [0, 0.1) is 5.92 Å². The van der Waals surface area contributed by atoms with Gasteiger partial charge < -0.3 is 10.1 Å². The van der Waals surface area contributed by atoms with Crippen LogP contribution < -0.4 is 10.9 Å². The van der Waals surface area contributed by atoms with Crippen molar-refractivity contribution in [2.45, 2.75) is 57.9 Å².